The van der Waals surface area contributed by atoms with Crippen LogP contribution in [0.25, 0.3) is 11.0 Å². The molecule has 9 nitrogen and oxygen atoms in total. The minimum absolute atomic E-state index is 0.133. The zero-order valence-electron chi connectivity index (χ0n) is 26.5. The minimum atomic E-state index is -1.91. The molecule has 42 heavy (non-hydrogen) atoms. The van der Waals surface area contributed by atoms with E-state index >= 15 is 0 Å². The largest absolute Gasteiger partial charge is 0.465 e. The van der Waals surface area contributed by atoms with Gasteiger partial charge in [0.2, 0.25) is 0 Å². The number of anilines is 1. The molecule has 3 aromatic rings. The number of imidazole rings is 1. The number of carbonyl (C=O) groups excluding carboxylic acids is 1. The first kappa shape index (κ1) is 32.1. The molecule has 0 saturated carbocycles. The molecule has 3 heterocycles. The van der Waals surface area contributed by atoms with E-state index in [4.69, 9.17) is 23.6 Å². The number of nitrogens with one attached hydrogen (secondary N) is 2. The van der Waals surface area contributed by atoms with Gasteiger partial charge in [-0.25, -0.2) is 14.8 Å². The average Bonchev–Trinajstić information content (AvgIpc) is 3.40. The van der Waals surface area contributed by atoms with E-state index in [0.717, 1.165) is 59.7 Å². The molecule has 0 amide bonds. The number of hydrogen-bond donors (Lipinski definition) is 2. The highest BCUT2D eigenvalue weighted by molar-refractivity contribution is 6.74. The Hall–Kier alpha value is -2.79. The first-order chi connectivity index (χ1) is 19.9. The van der Waals surface area contributed by atoms with Crippen molar-refractivity contribution in [2.75, 3.05) is 32.2 Å². The van der Waals surface area contributed by atoms with Gasteiger partial charge in [0, 0.05) is 18.2 Å². The van der Waals surface area contributed by atoms with Gasteiger partial charge in [0.25, 0.3) is 0 Å². The SMILES string of the molecule is CCc1cc(CO[Si](C)(C)C(C)(C)C)cc(NC(Cc2cc(C(=O)OC)cc3[nH]cnc23)C(C)OCCC2COC2)n1. The quantitative estimate of drug-likeness (QED) is 0.165. The number of esters is 1. The lowest BCUT2D eigenvalue weighted by molar-refractivity contribution is -0.0537. The van der Waals surface area contributed by atoms with Crippen LogP contribution in [0.5, 0.6) is 0 Å². The van der Waals surface area contributed by atoms with Crippen LogP contribution in [-0.2, 0) is 38.1 Å². The molecule has 1 aliphatic heterocycles. The Bertz CT molecular complexity index is 1350. The summed E-state index contributed by atoms with van der Waals surface area (Å²) in [6.07, 6.45) is 3.88. The maximum atomic E-state index is 12.5. The summed E-state index contributed by atoms with van der Waals surface area (Å²) in [4.78, 5) is 25.1. The third-order valence-corrected chi connectivity index (χ3v) is 13.2. The number of ether oxygens (including phenoxy) is 3. The fourth-order valence-corrected chi connectivity index (χ4v) is 5.69. The molecule has 2 atom stereocenters. The second-order valence-electron chi connectivity index (χ2n) is 12.9. The zero-order valence-corrected chi connectivity index (χ0v) is 27.5. The van der Waals surface area contributed by atoms with Crippen molar-refractivity contribution in [1.29, 1.82) is 0 Å². The molecular formula is C32H48N4O5Si. The van der Waals surface area contributed by atoms with E-state index in [0.29, 0.717) is 31.1 Å². The molecule has 10 heteroatoms. The van der Waals surface area contributed by atoms with Crippen LogP contribution in [0.3, 0.4) is 0 Å². The Labute approximate surface area is 251 Å². The fourth-order valence-electron chi connectivity index (χ4n) is 4.73. The summed E-state index contributed by atoms with van der Waals surface area (Å²) in [6.45, 7) is 18.3. The van der Waals surface area contributed by atoms with Crippen LogP contribution in [0, 0.1) is 5.92 Å². The van der Waals surface area contributed by atoms with Crippen LogP contribution in [0.1, 0.15) is 68.2 Å². The lowest BCUT2D eigenvalue weighted by Crippen LogP contribution is -2.40. The Morgan fingerprint density at radius 1 is 1.21 bits per heavy atom. The van der Waals surface area contributed by atoms with Crippen molar-refractivity contribution in [3.05, 3.63) is 53.0 Å². The molecule has 1 saturated heterocycles. The van der Waals surface area contributed by atoms with Gasteiger partial charge in [0.05, 0.1) is 62.0 Å². The van der Waals surface area contributed by atoms with Crippen molar-refractivity contribution >= 4 is 31.1 Å². The van der Waals surface area contributed by atoms with Crippen LogP contribution in [0.15, 0.2) is 30.6 Å². The van der Waals surface area contributed by atoms with E-state index in [1.54, 1.807) is 12.4 Å². The molecule has 230 valence electrons. The van der Waals surface area contributed by atoms with E-state index in [1.807, 2.05) is 6.07 Å². The van der Waals surface area contributed by atoms with Gasteiger partial charge in [-0.2, -0.15) is 0 Å². The maximum Gasteiger partial charge on any atom is 0.337 e. The van der Waals surface area contributed by atoms with Gasteiger partial charge in [-0.1, -0.05) is 27.7 Å². The summed E-state index contributed by atoms with van der Waals surface area (Å²) >= 11 is 0. The summed E-state index contributed by atoms with van der Waals surface area (Å²) in [5.74, 6) is 0.974. The van der Waals surface area contributed by atoms with Crippen molar-refractivity contribution in [2.24, 2.45) is 5.92 Å². The third kappa shape index (κ3) is 7.97. The normalized spacial score (nSPS) is 15.8. The van der Waals surface area contributed by atoms with Crippen molar-refractivity contribution < 1.29 is 23.4 Å². The summed E-state index contributed by atoms with van der Waals surface area (Å²) < 4.78 is 23.3. The Morgan fingerprint density at radius 3 is 2.62 bits per heavy atom. The molecule has 0 radical (unpaired) electrons. The molecule has 2 aromatic heterocycles. The Morgan fingerprint density at radius 2 is 1.98 bits per heavy atom. The van der Waals surface area contributed by atoms with Crippen LogP contribution in [0.2, 0.25) is 18.1 Å². The van der Waals surface area contributed by atoms with Crippen LogP contribution < -0.4 is 5.32 Å². The Kier molecular flexibility index (Phi) is 10.5. The van der Waals surface area contributed by atoms with Crippen LogP contribution >= 0.6 is 0 Å². The number of methoxy groups -OCH3 is 1. The second-order valence-corrected chi connectivity index (χ2v) is 17.7. The predicted octanol–water partition coefficient (Wildman–Crippen LogP) is 6.29. The van der Waals surface area contributed by atoms with E-state index in [-0.39, 0.29) is 23.2 Å². The van der Waals surface area contributed by atoms with E-state index in [1.165, 1.54) is 7.11 Å². The van der Waals surface area contributed by atoms with E-state index < -0.39 is 8.32 Å². The van der Waals surface area contributed by atoms with Gasteiger partial charge in [0.1, 0.15) is 5.82 Å². The van der Waals surface area contributed by atoms with Gasteiger partial charge >= 0.3 is 5.97 Å². The molecule has 2 N–H and O–H groups in total. The number of H-pyrrole nitrogens is 1. The molecular weight excluding hydrogens is 548 g/mol. The highest BCUT2D eigenvalue weighted by Gasteiger charge is 2.37. The molecule has 0 bridgehead atoms. The lowest BCUT2D eigenvalue weighted by Gasteiger charge is -2.36. The van der Waals surface area contributed by atoms with Crippen LogP contribution in [0.4, 0.5) is 5.82 Å². The molecule has 1 aliphatic rings. The van der Waals surface area contributed by atoms with Gasteiger partial charge in [-0.15, -0.1) is 0 Å². The monoisotopic (exact) mass is 596 g/mol. The number of carbonyl (C=O) groups is 1. The summed E-state index contributed by atoms with van der Waals surface area (Å²) in [6, 6.07) is 7.75. The smallest absolute Gasteiger partial charge is 0.337 e. The first-order valence-electron chi connectivity index (χ1n) is 15.0. The summed E-state index contributed by atoms with van der Waals surface area (Å²) in [7, 11) is -0.517. The molecule has 2 unspecified atom stereocenters. The molecule has 4 rings (SSSR count). The van der Waals surface area contributed by atoms with Crippen molar-refractivity contribution in [1.82, 2.24) is 15.0 Å². The molecule has 1 fully saturated rings. The van der Waals surface area contributed by atoms with E-state index in [2.05, 4.69) is 75.1 Å². The topological polar surface area (TPSA) is 108 Å². The number of hydrogen-bond acceptors (Lipinski definition) is 8. The van der Waals surface area contributed by atoms with Crippen molar-refractivity contribution in [3.8, 4) is 0 Å². The summed E-state index contributed by atoms with van der Waals surface area (Å²) in [5.41, 5.74) is 5.15. The maximum absolute atomic E-state index is 12.5. The number of rotatable bonds is 14. The van der Waals surface area contributed by atoms with Crippen molar-refractivity contribution in [3.63, 3.8) is 0 Å². The van der Waals surface area contributed by atoms with Crippen LogP contribution in [-0.4, -0.2) is 68.3 Å². The Balaban J connectivity index is 1.60. The van der Waals surface area contributed by atoms with Crippen molar-refractivity contribution in [2.45, 2.75) is 90.8 Å². The van der Waals surface area contributed by atoms with Gasteiger partial charge in [-0.05, 0) is 79.7 Å². The van der Waals surface area contributed by atoms with Gasteiger partial charge < -0.3 is 28.9 Å². The molecule has 1 aromatic carbocycles. The highest BCUT2D eigenvalue weighted by Crippen LogP contribution is 2.37. The fraction of sp³-hybridized carbons (Fsp3) is 0.594. The minimum Gasteiger partial charge on any atom is -0.465 e. The number of aromatic nitrogens is 3. The number of aryl methyl sites for hydroxylation is 1. The lowest BCUT2D eigenvalue weighted by atomic mass is 9.98. The average molecular weight is 597 g/mol. The number of fused-ring (bicyclic) bond motifs is 1. The number of pyridine rings is 1. The molecule has 0 spiro atoms. The highest BCUT2D eigenvalue weighted by atomic mass is 28.4. The van der Waals surface area contributed by atoms with Gasteiger partial charge in [0.15, 0.2) is 8.32 Å². The molecule has 0 aliphatic carbocycles. The predicted molar refractivity (Wildman–Crippen MR) is 168 cm³/mol. The summed E-state index contributed by atoms with van der Waals surface area (Å²) in [5, 5.41) is 3.83. The number of benzene rings is 1. The number of nitrogens with zero attached hydrogens (tertiary/aromatic N) is 2. The second kappa shape index (κ2) is 13.7. The first-order valence-corrected chi connectivity index (χ1v) is 17.9. The van der Waals surface area contributed by atoms with E-state index in [9.17, 15) is 4.79 Å². The zero-order chi connectivity index (χ0) is 30.5. The number of aromatic amines is 1. The third-order valence-electron chi connectivity index (χ3n) is 8.68. The standard InChI is InChI=1S/C32H48N4O5Si/c1-9-26-12-23(19-41-42(7,8)32(3,4)5)13-29(35-26)36-27(21(2)40-11-10-22-17-39-18-22)15-24-14-25(31(37)38-6)16-28-30(24)34-20-33-28/h12-14,16,20-22,27H,9-11,15,17-19H2,1-8H3,(H,33,34)(H,35,36). The van der Waals surface area contributed by atoms with Gasteiger partial charge in [-0.3, -0.25) is 0 Å².